The number of ether oxygens (including phenoxy) is 1. The van der Waals surface area contributed by atoms with Crippen LogP contribution in [0.5, 0.6) is 5.75 Å². The number of methoxy groups -OCH3 is 1. The second-order valence-electron chi connectivity index (χ2n) is 7.38. The maximum Gasteiger partial charge on any atom is 0.301 e. The Kier molecular flexibility index (Phi) is 4.87. The number of hydrogen-bond donors (Lipinski definition) is 1. The van der Waals surface area contributed by atoms with Crippen LogP contribution in [-0.2, 0) is 9.59 Å². The van der Waals surface area contributed by atoms with Gasteiger partial charge in [0.2, 0.25) is 0 Å². The molecule has 1 amide bonds. The fraction of sp³-hybridized carbons (Fsp3) is 0.174. The van der Waals surface area contributed by atoms with Crippen LogP contribution >= 0.6 is 22.7 Å². The van der Waals surface area contributed by atoms with Crippen LogP contribution in [0, 0.1) is 13.8 Å². The molecule has 0 bridgehead atoms. The molecule has 5 rings (SSSR count). The maximum atomic E-state index is 13.2. The van der Waals surface area contributed by atoms with Gasteiger partial charge in [-0.25, -0.2) is 4.98 Å². The van der Waals surface area contributed by atoms with Gasteiger partial charge in [-0.2, -0.15) is 11.3 Å². The molecule has 0 saturated carbocycles. The van der Waals surface area contributed by atoms with Gasteiger partial charge in [0, 0.05) is 0 Å². The molecule has 0 aliphatic carbocycles. The number of aromatic nitrogens is 1. The van der Waals surface area contributed by atoms with Crippen molar-refractivity contribution >= 4 is 55.5 Å². The van der Waals surface area contributed by atoms with E-state index in [0.717, 1.165) is 10.3 Å². The predicted molar refractivity (Wildman–Crippen MR) is 123 cm³/mol. The van der Waals surface area contributed by atoms with Crippen molar-refractivity contribution in [2.45, 2.75) is 19.9 Å². The van der Waals surface area contributed by atoms with Crippen molar-refractivity contribution < 1.29 is 23.8 Å². The minimum atomic E-state index is -0.793. The number of nitrogens with zero attached hydrogens (tertiary/aromatic N) is 2. The van der Waals surface area contributed by atoms with Crippen LogP contribution < -0.4 is 9.64 Å². The highest BCUT2D eigenvalue weighted by molar-refractivity contribution is 7.22. The van der Waals surface area contributed by atoms with Gasteiger partial charge in [-0.15, -0.1) is 0 Å². The standard InChI is InChI=1S/C23H18N2O5S2/c1-11-8-15(12(2)30-11)20(26)18-19(13-6-7-31-10-13)25(22(28)21(18)27)23-24-16-5-4-14(29-3)9-17(16)32-23/h4-10,19,26H,1-3H3. The van der Waals surface area contributed by atoms with E-state index in [9.17, 15) is 14.7 Å². The number of anilines is 1. The second kappa shape index (κ2) is 7.61. The Morgan fingerprint density at radius 3 is 2.69 bits per heavy atom. The first kappa shape index (κ1) is 20.5. The van der Waals surface area contributed by atoms with Crippen molar-refractivity contribution in [3.8, 4) is 5.75 Å². The number of benzene rings is 1. The molecule has 1 N–H and O–H groups in total. The normalized spacial score (nSPS) is 18.1. The number of rotatable bonds is 4. The zero-order chi connectivity index (χ0) is 22.6. The number of hydrogen-bond acceptors (Lipinski definition) is 8. The number of furan rings is 1. The lowest BCUT2D eigenvalue weighted by atomic mass is 9.97. The van der Waals surface area contributed by atoms with Crippen molar-refractivity contribution in [2.75, 3.05) is 12.0 Å². The molecular weight excluding hydrogens is 448 g/mol. The molecule has 1 atom stereocenters. The van der Waals surface area contributed by atoms with Crippen LogP contribution in [-0.4, -0.2) is 28.9 Å². The molecule has 7 nitrogen and oxygen atoms in total. The topological polar surface area (TPSA) is 92.9 Å². The third-order valence-electron chi connectivity index (χ3n) is 5.39. The van der Waals surface area contributed by atoms with Crippen molar-refractivity contribution in [1.82, 2.24) is 4.98 Å². The van der Waals surface area contributed by atoms with Gasteiger partial charge >= 0.3 is 5.91 Å². The van der Waals surface area contributed by atoms with Crippen molar-refractivity contribution in [2.24, 2.45) is 0 Å². The van der Waals surface area contributed by atoms with E-state index in [2.05, 4.69) is 4.98 Å². The highest BCUT2D eigenvalue weighted by Gasteiger charge is 2.48. The zero-order valence-corrected chi connectivity index (χ0v) is 19.0. The number of thiophene rings is 1. The van der Waals surface area contributed by atoms with Gasteiger partial charge < -0.3 is 14.3 Å². The summed E-state index contributed by atoms with van der Waals surface area (Å²) in [6, 6.07) is 8.14. The molecule has 4 heterocycles. The van der Waals surface area contributed by atoms with Crippen LogP contribution in [0.1, 0.15) is 28.7 Å². The summed E-state index contributed by atoms with van der Waals surface area (Å²) in [5.74, 6) is 0.0161. The van der Waals surface area contributed by atoms with E-state index in [1.165, 1.54) is 27.6 Å². The first-order chi connectivity index (χ1) is 15.4. The summed E-state index contributed by atoms with van der Waals surface area (Å²) in [6.45, 7) is 3.47. The van der Waals surface area contributed by atoms with Crippen LogP contribution in [0.4, 0.5) is 5.13 Å². The molecule has 3 aromatic heterocycles. The van der Waals surface area contributed by atoms with Crippen LogP contribution in [0.2, 0.25) is 0 Å². The van der Waals surface area contributed by atoms with E-state index < -0.39 is 17.7 Å². The Balaban J connectivity index is 1.71. The average molecular weight is 467 g/mol. The zero-order valence-electron chi connectivity index (χ0n) is 17.4. The fourth-order valence-corrected chi connectivity index (χ4v) is 5.61. The fourth-order valence-electron chi connectivity index (χ4n) is 3.91. The van der Waals surface area contributed by atoms with Gasteiger partial charge in [-0.05, 0) is 60.5 Å². The first-order valence-corrected chi connectivity index (χ1v) is 11.5. The van der Waals surface area contributed by atoms with Crippen molar-refractivity contribution in [3.63, 3.8) is 0 Å². The highest BCUT2D eigenvalue weighted by atomic mass is 32.1. The summed E-state index contributed by atoms with van der Waals surface area (Å²) >= 11 is 2.74. The number of fused-ring (bicyclic) bond motifs is 1. The van der Waals surface area contributed by atoms with Gasteiger partial charge in [0.1, 0.15) is 23.0 Å². The molecular formula is C23H18N2O5S2. The Hall–Kier alpha value is -3.43. The highest BCUT2D eigenvalue weighted by Crippen LogP contribution is 2.45. The minimum absolute atomic E-state index is 0.0223. The average Bonchev–Trinajstić information content (AvgIpc) is 3.54. The number of thiazole rings is 1. The van der Waals surface area contributed by atoms with Gasteiger partial charge in [0.05, 0.1) is 34.5 Å². The smallest absolute Gasteiger partial charge is 0.301 e. The van der Waals surface area contributed by atoms with Crippen molar-refractivity contribution in [3.05, 3.63) is 69.3 Å². The summed E-state index contributed by atoms with van der Waals surface area (Å²) in [7, 11) is 1.58. The molecule has 1 aliphatic rings. The summed E-state index contributed by atoms with van der Waals surface area (Å²) in [5.41, 5.74) is 1.84. The molecule has 162 valence electrons. The van der Waals surface area contributed by atoms with E-state index in [1.807, 2.05) is 29.0 Å². The molecule has 1 saturated heterocycles. The third kappa shape index (κ3) is 3.12. The van der Waals surface area contributed by atoms with Crippen LogP contribution in [0.3, 0.4) is 0 Å². The van der Waals surface area contributed by atoms with Gasteiger partial charge in [0.25, 0.3) is 5.78 Å². The van der Waals surface area contributed by atoms with E-state index >= 15 is 0 Å². The van der Waals surface area contributed by atoms with Crippen LogP contribution in [0.15, 0.2) is 51.1 Å². The molecule has 9 heteroatoms. The molecule has 1 aliphatic heterocycles. The lowest BCUT2D eigenvalue weighted by molar-refractivity contribution is -0.132. The summed E-state index contributed by atoms with van der Waals surface area (Å²) < 4.78 is 11.6. The number of aryl methyl sites for hydroxylation is 2. The van der Waals surface area contributed by atoms with Gasteiger partial charge in [0.15, 0.2) is 5.13 Å². The quantitative estimate of drug-likeness (QED) is 0.252. The Labute approximate surface area is 191 Å². The molecule has 4 aromatic rings. The van der Waals surface area contributed by atoms with E-state index in [1.54, 1.807) is 33.1 Å². The molecule has 0 spiro atoms. The number of ketones is 1. The van der Waals surface area contributed by atoms with Gasteiger partial charge in [-0.3, -0.25) is 14.5 Å². The molecule has 1 unspecified atom stereocenters. The second-order valence-corrected chi connectivity index (χ2v) is 9.17. The summed E-state index contributed by atoms with van der Waals surface area (Å²) in [6.07, 6.45) is 0. The Morgan fingerprint density at radius 1 is 1.22 bits per heavy atom. The Morgan fingerprint density at radius 2 is 2.03 bits per heavy atom. The van der Waals surface area contributed by atoms with E-state index in [4.69, 9.17) is 9.15 Å². The number of aliphatic hydroxyl groups excluding tert-OH is 1. The van der Waals surface area contributed by atoms with E-state index in [-0.39, 0.29) is 11.3 Å². The van der Waals surface area contributed by atoms with Gasteiger partial charge in [-0.1, -0.05) is 11.3 Å². The minimum Gasteiger partial charge on any atom is -0.507 e. The molecule has 32 heavy (non-hydrogen) atoms. The molecule has 1 fully saturated rings. The summed E-state index contributed by atoms with van der Waals surface area (Å²) in [5, 5.41) is 15.2. The number of aliphatic hydroxyl groups is 1. The van der Waals surface area contributed by atoms with E-state index in [0.29, 0.717) is 33.5 Å². The largest absolute Gasteiger partial charge is 0.507 e. The Bertz CT molecular complexity index is 1400. The number of carbonyl (C=O) groups excluding carboxylic acids is 2. The van der Waals surface area contributed by atoms with Crippen LogP contribution in [0.25, 0.3) is 16.0 Å². The number of carbonyl (C=O) groups is 2. The van der Waals surface area contributed by atoms with Crippen molar-refractivity contribution in [1.29, 1.82) is 0 Å². The SMILES string of the molecule is COc1ccc2nc(N3C(=O)C(=O)C(=C(O)c4cc(C)oc4C)C3c3ccsc3)sc2c1. The number of Topliss-reactive ketones (excluding diaryl/α,β-unsaturated/α-hetero) is 1. The third-order valence-corrected chi connectivity index (χ3v) is 7.11. The lowest BCUT2D eigenvalue weighted by Crippen LogP contribution is -2.29. The summed E-state index contributed by atoms with van der Waals surface area (Å²) in [4.78, 5) is 32.3. The lowest BCUT2D eigenvalue weighted by Gasteiger charge is -2.21. The monoisotopic (exact) mass is 466 g/mol. The number of amides is 1. The molecule has 0 radical (unpaired) electrons. The molecule has 1 aromatic carbocycles. The predicted octanol–water partition coefficient (Wildman–Crippen LogP) is 5.20. The first-order valence-electron chi connectivity index (χ1n) is 9.74. The maximum absolute atomic E-state index is 13.2.